The third-order valence-electron chi connectivity index (χ3n) is 2.97. The van der Waals surface area contributed by atoms with Gasteiger partial charge in [-0.3, -0.25) is 19.6 Å². The van der Waals surface area contributed by atoms with E-state index in [1.54, 1.807) is 19.1 Å². The fraction of sp³-hybridized carbons (Fsp3) is 0.429. The monoisotopic (exact) mass is 277 g/mol. The Balaban J connectivity index is 2.74. The van der Waals surface area contributed by atoms with Crippen LogP contribution in [0.2, 0.25) is 0 Å². The highest BCUT2D eigenvalue weighted by atomic mass is 16.2. The van der Waals surface area contributed by atoms with Gasteiger partial charge in [-0.25, -0.2) is 4.79 Å². The molecule has 0 spiro atoms. The van der Waals surface area contributed by atoms with Gasteiger partial charge in [-0.1, -0.05) is 13.0 Å². The molecule has 2 N–H and O–H groups in total. The van der Waals surface area contributed by atoms with Gasteiger partial charge in [0.25, 0.3) is 0 Å². The summed E-state index contributed by atoms with van der Waals surface area (Å²) in [4.78, 5) is 34.8. The topological polar surface area (TPSA) is 92.0 Å². The van der Waals surface area contributed by atoms with E-state index >= 15 is 0 Å². The van der Waals surface area contributed by atoms with Crippen molar-refractivity contribution in [2.24, 2.45) is 0 Å². The van der Waals surface area contributed by atoms with E-state index in [1.165, 1.54) is 19.2 Å². The zero-order valence-corrected chi connectivity index (χ0v) is 11.7. The number of rotatable bonds is 6. The van der Waals surface area contributed by atoms with Gasteiger partial charge in [-0.15, -0.1) is 0 Å². The Morgan fingerprint density at radius 1 is 1.35 bits per heavy atom. The van der Waals surface area contributed by atoms with Crippen molar-refractivity contribution < 1.29 is 14.4 Å². The van der Waals surface area contributed by atoms with Crippen molar-refractivity contribution in [1.82, 2.24) is 9.88 Å². The molecule has 0 bridgehead atoms. The van der Waals surface area contributed by atoms with Crippen molar-refractivity contribution in [1.29, 1.82) is 5.41 Å². The van der Waals surface area contributed by atoms with E-state index in [0.29, 0.717) is 6.42 Å². The van der Waals surface area contributed by atoms with Gasteiger partial charge in [0, 0.05) is 19.0 Å². The molecule has 1 atom stereocenters. The lowest BCUT2D eigenvalue weighted by Gasteiger charge is -2.16. The summed E-state index contributed by atoms with van der Waals surface area (Å²) in [5.41, 5.74) is 0.0249. The van der Waals surface area contributed by atoms with Gasteiger partial charge in [0.2, 0.25) is 0 Å². The van der Waals surface area contributed by atoms with Gasteiger partial charge in [-0.05, 0) is 25.5 Å². The van der Waals surface area contributed by atoms with Crippen LogP contribution >= 0.6 is 0 Å². The van der Waals surface area contributed by atoms with Gasteiger partial charge in [0.15, 0.2) is 5.78 Å². The van der Waals surface area contributed by atoms with Crippen molar-refractivity contribution in [3.63, 3.8) is 0 Å². The van der Waals surface area contributed by atoms with Crippen molar-refractivity contribution in [3.05, 3.63) is 29.9 Å². The number of Topliss-reactive ketones (excluding diaryl/α,β-unsaturated/α-hetero) is 2. The standard InChI is InChI=1S/C14H19N3O3/c1-3-11(19)7-8-12(10(2)18)16-14(20)17-9-5-4-6-13(17)15/h4-6,9,12,15H,3,7-8H2,1-2H3,(H,16,20). The molecule has 6 nitrogen and oxygen atoms in total. The average molecular weight is 277 g/mol. The van der Waals surface area contributed by atoms with Crippen LogP contribution in [0.4, 0.5) is 4.79 Å². The Bertz CT molecular complexity index is 563. The van der Waals surface area contributed by atoms with E-state index in [2.05, 4.69) is 5.32 Å². The molecular weight excluding hydrogens is 258 g/mol. The molecule has 0 aliphatic carbocycles. The highest BCUT2D eigenvalue weighted by Gasteiger charge is 2.18. The molecule has 1 amide bonds. The van der Waals surface area contributed by atoms with E-state index < -0.39 is 12.1 Å². The third-order valence-corrected chi connectivity index (χ3v) is 2.97. The average Bonchev–Trinajstić information content (AvgIpc) is 2.42. The second-order valence-electron chi connectivity index (χ2n) is 4.50. The Morgan fingerprint density at radius 2 is 2.05 bits per heavy atom. The van der Waals surface area contributed by atoms with Crippen molar-refractivity contribution in [3.8, 4) is 0 Å². The first-order chi connectivity index (χ1) is 9.45. The SMILES string of the molecule is CCC(=O)CCC(NC(=O)n1ccccc1=N)C(C)=O. The molecule has 1 aromatic heterocycles. The molecular formula is C14H19N3O3. The number of pyridine rings is 1. The number of aromatic nitrogens is 1. The Morgan fingerprint density at radius 3 is 2.60 bits per heavy atom. The molecule has 0 saturated carbocycles. The van der Waals surface area contributed by atoms with Gasteiger partial charge in [0.1, 0.15) is 11.3 Å². The van der Waals surface area contributed by atoms with E-state index in [0.717, 1.165) is 4.57 Å². The van der Waals surface area contributed by atoms with E-state index in [4.69, 9.17) is 5.41 Å². The van der Waals surface area contributed by atoms with Crippen molar-refractivity contribution in [2.45, 2.75) is 39.2 Å². The smallest absolute Gasteiger partial charge is 0.327 e. The summed E-state index contributed by atoms with van der Waals surface area (Å²) in [7, 11) is 0. The normalized spacial score (nSPS) is 11.7. The van der Waals surface area contributed by atoms with E-state index in [-0.39, 0.29) is 29.9 Å². The van der Waals surface area contributed by atoms with Crippen LogP contribution in [0.1, 0.15) is 33.1 Å². The summed E-state index contributed by atoms with van der Waals surface area (Å²) in [6.45, 7) is 3.13. The van der Waals surface area contributed by atoms with Crippen LogP contribution in [0.15, 0.2) is 24.4 Å². The largest absolute Gasteiger partial charge is 0.328 e. The predicted molar refractivity (Wildman–Crippen MR) is 73.2 cm³/mol. The number of ketones is 2. The quantitative estimate of drug-likeness (QED) is 0.819. The van der Waals surface area contributed by atoms with Crippen LogP contribution < -0.4 is 10.8 Å². The molecule has 0 aromatic carbocycles. The Hall–Kier alpha value is -2.24. The molecule has 0 aliphatic rings. The first-order valence-electron chi connectivity index (χ1n) is 6.51. The Kier molecular flexibility index (Phi) is 5.83. The maximum atomic E-state index is 12.0. The Labute approximate surface area is 117 Å². The third kappa shape index (κ3) is 4.46. The van der Waals surface area contributed by atoms with Gasteiger partial charge in [0.05, 0.1) is 6.04 Å². The molecule has 1 rings (SSSR count). The molecule has 0 aliphatic heterocycles. The summed E-state index contributed by atoms with van der Waals surface area (Å²) < 4.78 is 1.11. The minimum atomic E-state index is -0.704. The maximum absolute atomic E-state index is 12.0. The van der Waals surface area contributed by atoms with E-state index in [1.807, 2.05) is 0 Å². The molecule has 0 radical (unpaired) electrons. The number of carbonyl (C=O) groups excluding carboxylic acids is 3. The molecule has 1 heterocycles. The highest BCUT2D eigenvalue weighted by molar-refractivity contribution is 5.88. The molecule has 0 fully saturated rings. The van der Waals surface area contributed by atoms with Crippen molar-refractivity contribution >= 4 is 17.6 Å². The van der Waals surface area contributed by atoms with Crippen LogP contribution in [-0.4, -0.2) is 28.2 Å². The van der Waals surface area contributed by atoms with Crippen molar-refractivity contribution in [2.75, 3.05) is 0 Å². The number of amides is 1. The molecule has 108 valence electrons. The number of nitrogens with zero attached hydrogens (tertiary/aromatic N) is 1. The van der Waals surface area contributed by atoms with Crippen LogP contribution in [-0.2, 0) is 9.59 Å². The number of carbonyl (C=O) groups is 3. The molecule has 1 aromatic rings. The second-order valence-corrected chi connectivity index (χ2v) is 4.50. The fourth-order valence-electron chi connectivity index (χ4n) is 1.70. The number of hydrogen-bond donors (Lipinski definition) is 2. The predicted octanol–water partition coefficient (Wildman–Crippen LogP) is 1.24. The lowest BCUT2D eigenvalue weighted by atomic mass is 10.0. The number of hydrogen-bond acceptors (Lipinski definition) is 4. The summed E-state index contributed by atoms with van der Waals surface area (Å²) >= 11 is 0. The maximum Gasteiger partial charge on any atom is 0.327 e. The lowest BCUT2D eigenvalue weighted by Crippen LogP contribution is -2.44. The summed E-state index contributed by atoms with van der Waals surface area (Å²) in [5, 5.41) is 10.2. The van der Waals surface area contributed by atoms with Crippen LogP contribution in [0, 0.1) is 5.41 Å². The van der Waals surface area contributed by atoms with E-state index in [9.17, 15) is 14.4 Å². The second kappa shape index (κ2) is 7.37. The van der Waals surface area contributed by atoms with Crippen LogP contribution in [0.3, 0.4) is 0 Å². The van der Waals surface area contributed by atoms with Crippen LogP contribution in [0.25, 0.3) is 0 Å². The number of nitrogens with one attached hydrogen (secondary N) is 2. The molecule has 0 saturated heterocycles. The molecule has 1 unspecified atom stereocenters. The summed E-state index contributed by atoms with van der Waals surface area (Å²) in [6.07, 6.45) is 2.41. The lowest BCUT2D eigenvalue weighted by molar-refractivity contribution is -0.120. The zero-order chi connectivity index (χ0) is 15.1. The van der Waals surface area contributed by atoms with Gasteiger partial charge < -0.3 is 5.32 Å². The summed E-state index contributed by atoms with van der Waals surface area (Å²) in [6, 6.07) is 3.50. The minimum absolute atomic E-state index is 0.0249. The first-order valence-corrected chi connectivity index (χ1v) is 6.51. The fourth-order valence-corrected chi connectivity index (χ4v) is 1.70. The molecule has 6 heteroatoms. The van der Waals surface area contributed by atoms with Gasteiger partial charge >= 0.3 is 6.03 Å². The van der Waals surface area contributed by atoms with Gasteiger partial charge in [-0.2, -0.15) is 0 Å². The van der Waals surface area contributed by atoms with Crippen LogP contribution in [0.5, 0.6) is 0 Å². The minimum Gasteiger partial charge on any atom is -0.328 e. The zero-order valence-electron chi connectivity index (χ0n) is 11.7. The molecule has 20 heavy (non-hydrogen) atoms. The first kappa shape index (κ1) is 15.8. The summed E-state index contributed by atoms with van der Waals surface area (Å²) in [5.74, 6) is -0.149. The highest BCUT2D eigenvalue weighted by Crippen LogP contribution is 2.02.